The summed E-state index contributed by atoms with van der Waals surface area (Å²) in [6.45, 7) is 2.77. The number of carbonyl (C=O) groups is 1. The highest BCUT2D eigenvalue weighted by Crippen LogP contribution is 2.33. The second kappa shape index (κ2) is 14.4. The Bertz CT molecular complexity index is 2190. The second-order valence-corrected chi connectivity index (χ2v) is 11.8. The van der Waals surface area contributed by atoms with Crippen molar-refractivity contribution in [1.29, 1.82) is 0 Å². The van der Waals surface area contributed by atoms with Crippen molar-refractivity contribution in [3.63, 3.8) is 0 Å². The van der Waals surface area contributed by atoms with Crippen LogP contribution in [-0.2, 0) is 26.4 Å². The van der Waals surface area contributed by atoms with Gasteiger partial charge in [-0.25, -0.2) is 0 Å². The predicted octanol–water partition coefficient (Wildman–Crippen LogP) is 3.60. The first-order valence-electron chi connectivity index (χ1n) is 15.9. The summed E-state index contributed by atoms with van der Waals surface area (Å²) in [7, 11) is 4.89. The average Bonchev–Trinajstić information content (AvgIpc) is 3.11. The van der Waals surface area contributed by atoms with Gasteiger partial charge in [0, 0.05) is 37.9 Å². The maximum atomic E-state index is 13.1. The highest BCUT2D eigenvalue weighted by atomic mass is 16.5. The van der Waals surface area contributed by atoms with E-state index in [1.165, 1.54) is 21.3 Å². The highest BCUT2D eigenvalue weighted by molar-refractivity contribution is 6.04. The largest absolute Gasteiger partial charge is 0.493 e. The molecule has 0 fully saturated rings. The number of nitrogens with one attached hydrogen (secondary N) is 2. The van der Waals surface area contributed by atoms with E-state index in [0.29, 0.717) is 16.8 Å². The van der Waals surface area contributed by atoms with Gasteiger partial charge in [0.15, 0.2) is 11.5 Å². The third-order valence-electron chi connectivity index (χ3n) is 8.67. The molecule has 1 aliphatic rings. The number of fused-ring (bicyclic) bond motifs is 1. The maximum Gasteiger partial charge on any atom is 0.274 e. The van der Waals surface area contributed by atoms with Gasteiger partial charge >= 0.3 is 0 Å². The molecule has 2 heterocycles. The van der Waals surface area contributed by atoms with Crippen molar-refractivity contribution >= 4 is 23.7 Å². The van der Waals surface area contributed by atoms with Crippen LogP contribution in [0.2, 0.25) is 0 Å². The van der Waals surface area contributed by atoms with Crippen molar-refractivity contribution in [2.75, 3.05) is 32.6 Å². The van der Waals surface area contributed by atoms with Crippen molar-refractivity contribution in [3.8, 4) is 11.5 Å². The first-order chi connectivity index (χ1) is 23.3. The lowest BCUT2D eigenvalue weighted by atomic mass is 9.98. The Labute approximate surface area is 278 Å². The molecule has 0 spiro atoms. The van der Waals surface area contributed by atoms with E-state index in [4.69, 9.17) is 9.47 Å². The van der Waals surface area contributed by atoms with E-state index >= 15 is 0 Å². The number of methoxy groups -OCH3 is 2. The number of anilines is 1. The summed E-state index contributed by atoms with van der Waals surface area (Å²) < 4.78 is 12.3. The number of hydrogen-bond acceptors (Lipinski definition) is 6. The Morgan fingerprint density at radius 2 is 1.56 bits per heavy atom. The quantitative estimate of drug-likeness (QED) is 0.255. The van der Waals surface area contributed by atoms with Gasteiger partial charge in [0.05, 0.1) is 14.2 Å². The Balaban J connectivity index is 1.10. The molecule has 1 aliphatic heterocycles. The van der Waals surface area contributed by atoms with Crippen LogP contribution in [0, 0.1) is 0 Å². The van der Waals surface area contributed by atoms with E-state index in [9.17, 15) is 14.4 Å². The minimum Gasteiger partial charge on any atom is -0.493 e. The molecule has 6 rings (SSSR count). The molecule has 1 aromatic heterocycles. The predicted molar refractivity (Wildman–Crippen MR) is 188 cm³/mol. The van der Waals surface area contributed by atoms with Crippen LogP contribution in [0.5, 0.6) is 11.5 Å². The molecule has 0 saturated heterocycles. The summed E-state index contributed by atoms with van der Waals surface area (Å²) in [5, 5.41) is 3.35. The van der Waals surface area contributed by atoms with Gasteiger partial charge in [-0.3, -0.25) is 19.3 Å². The van der Waals surface area contributed by atoms with Crippen LogP contribution in [-0.4, -0.2) is 47.7 Å². The Morgan fingerprint density at radius 1 is 0.854 bits per heavy atom. The van der Waals surface area contributed by atoms with Gasteiger partial charge in [-0.15, -0.1) is 0 Å². The summed E-state index contributed by atoms with van der Waals surface area (Å²) in [6, 6.07) is 28.3. The molecule has 0 aliphatic carbocycles. The standard InChI is InChI=1S/C39H38N4O5/c1-42-34(22-27-8-5-4-6-9-27)38(45)41-33(39(42)46)21-28-10-7-11-30(20-28)37(44)40-32-14-12-26(13-15-32)16-18-43-19-17-29-23-35(47-2)36(48-3)24-31(29)25-43/h4-15,20-24H,16-19,25H2,1-3H3,(H,40,44)(H,41,45). The third-order valence-corrected chi connectivity index (χ3v) is 8.67. The number of benzene rings is 4. The number of aromatic nitrogens is 2. The Hall–Kier alpha value is -5.67. The molecular weight excluding hydrogens is 604 g/mol. The minimum atomic E-state index is -0.382. The second-order valence-electron chi connectivity index (χ2n) is 11.8. The third kappa shape index (κ3) is 7.32. The van der Waals surface area contributed by atoms with Crippen molar-refractivity contribution in [2.24, 2.45) is 7.05 Å². The lowest BCUT2D eigenvalue weighted by Crippen LogP contribution is -2.52. The molecule has 0 bridgehead atoms. The number of hydrogen-bond donors (Lipinski definition) is 2. The summed E-state index contributed by atoms with van der Waals surface area (Å²) in [4.78, 5) is 44.3. The van der Waals surface area contributed by atoms with Gasteiger partial charge in [-0.1, -0.05) is 54.6 Å². The first kappa shape index (κ1) is 32.3. The zero-order valence-corrected chi connectivity index (χ0v) is 27.3. The van der Waals surface area contributed by atoms with Crippen LogP contribution < -0.4 is 36.6 Å². The van der Waals surface area contributed by atoms with Crippen LogP contribution in [0.4, 0.5) is 5.69 Å². The first-order valence-corrected chi connectivity index (χ1v) is 15.9. The van der Waals surface area contributed by atoms with E-state index < -0.39 is 0 Å². The fraction of sp³-hybridized carbons (Fsp3) is 0.205. The van der Waals surface area contributed by atoms with Crippen molar-refractivity contribution in [2.45, 2.75) is 19.4 Å². The average molecular weight is 643 g/mol. The molecule has 0 unspecified atom stereocenters. The molecular formula is C39H38N4O5. The molecule has 0 saturated carbocycles. The minimum absolute atomic E-state index is 0.134. The molecule has 48 heavy (non-hydrogen) atoms. The number of aromatic amines is 1. The van der Waals surface area contributed by atoms with Crippen molar-refractivity contribution < 1.29 is 14.3 Å². The molecule has 244 valence electrons. The fourth-order valence-corrected chi connectivity index (χ4v) is 5.96. The lowest BCUT2D eigenvalue weighted by molar-refractivity contribution is 0.102. The smallest absolute Gasteiger partial charge is 0.274 e. The number of rotatable bonds is 9. The monoisotopic (exact) mass is 642 g/mol. The van der Waals surface area contributed by atoms with E-state index in [1.807, 2.05) is 54.6 Å². The summed E-state index contributed by atoms with van der Waals surface area (Å²) >= 11 is 0. The van der Waals surface area contributed by atoms with Gasteiger partial charge in [0.2, 0.25) is 0 Å². The van der Waals surface area contributed by atoms with Crippen LogP contribution in [0.25, 0.3) is 12.2 Å². The normalized spacial score (nSPS) is 13.6. The van der Waals surface area contributed by atoms with Gasteiger partial charge in [-0.2, -0.15) is 0 Å². The number of nitrogens with zero attached hydrogens (tertiary/aromatic N) is 2. The van der Waals surface area contributed by atoms with Crippen LogP contribution in [0.1, 0.15) is 38.2 Å². The van der Waals surface area contributed by atoms with E-state index in [2.05, 4.69) is 27.3 Å². The fourth-order valence-electron chi connectivity index (χ4n) is 5.96. The zero-order chi connectivity index (χ0) is 33.6. The zero-order valence-electron chi connectivity index (χ0n) is 27.3. The maximum absolute atomic E-state index is 13.1. The Morgan fingerprint density at radius 3 is 2.29 bits per heavy atom. The van der Waals surface area contributed by atoms with E-state index in [1.54, 1.807) is 57.7 Å². The Kier molecular flexibility index (Phi) is 9.68. The molecule has 0 radical (unpaired) electrons. The lowest BCUT2D eigenvalue weighted by Gasteiger charge is -2.29. The number of amides is 1. The summed E-state index contributed by atoms with van der Waals surface area (Å²) in [6.07, 6.45) is 5.11. The van der Waals surface area contributed by atoms with Gasteiger partial charge < -0.3 is 24.3 Å². The molecule has 9 nitrogen and oxygen atoms in total. The molecule has 4 aromatic carbocycles. The number of H-pyrrole nitrogens is 1. The highest BCUT2D eigenvalue weighted by Gasteiger charge is 2.19. The SMILES string of the molecule is COc1cc2c(cc1OC)CN(CCc1ccc(NC(=O)c3cccc(C=c4[nH]c(=O)c(=Cc5ccccc5)n(C)c4=O)c3)cc1)CC2. The summed E-state index contributed by atoms with van der Waals surface area (Å²) in [5.74, 6) is 1.25. The van der Waals surface area contributed by atoms with E-state index in [0.717, 1.165) is 49.5 Å². The molecule has 0 atom stereocenters. The topological polar surface area (TPSA) is 106 Å². The molecule has 9 heteroatoms. The van der Waals surface area contributed by atoms with Gasteiger partial charge in [-0.05, 0) is 89.2 Å². The molecule has 2 N–H and O–H groups in total. The number of ether oxygens (including phenoxy) is 2. The van der Waals surface area contributed by atoms with Crippen molar-refractivity contribution in [1.82, 2.24) is 14.5 Å². The van der Waals surface area contributed by atoms with E-state index in [-0.39, 0.29) is 27.7 Å². The van der Waals surface area contributed by atoms with Gasteiger partial charge in [0.25, 0.3) is 17.0 Å². The van der Waals surface area contributed by atoms with Crippen LogP contribution in [0.15, 0.2) is 101 Å². The number of carbonyl (C=O) groups excluding carboxylic acids is 1. The van der Waals surface area contributed by atoms with Crippen molar-refractivity contribution in [3.05, 3.63) is 156 Å². The van der Waals surface area contributed by atoms with Crippen LogP contribution in [0.3, 0.4) is 0 Å². The molecule has 5 aromatic rings. The molecule has 1 amide bonds. The van der Waals surface area contributed by atoms with Gasteiger partial charge in [0.1, 0.15) is 10.7 Å². The summed E-state index contributed by atoms with van der Waals surface area (Å²) in [5.41, 5.74) is 5.58. The van der Waals surface area contributed by atoms with Crippen LogP contribution >= 0.6 is 0 Å².